The van der Waals surface area contributed by atoms with Gasteiger partial charge in [-0.25, -0.2) is 0 Å². The zero-order chi connectivity index (χ0) is 19.4. The van der Waals surface area contributed by atoms with Crippen LogP contribution >= 0.6 is 0 Å². The van der Waals surface area contributed by atoms with Gasteiger partial charge in [0.05, 0.1) is 25.0 Å². The Morgan fingerprint density at radius 2 is 0.926 bits per heavy atom. The Kier molecular flexibility index (Phi) is 12.5. The molecule has 136 valence electrons. The maximum absolute atomic E-state index is 11.1. The maximum atomic E-state index is 11.1. The van der Waals surface area contributed by atoms with Crippen molar-refractivity contribution in [3.8, 4) is 0 Å². The molecule has 2 N–H and O–H groups in total. The van der Waals surface area contributed by atoms with Crippen LogP contribution in [0.4, 0.5) is 0 Å². The third kappa shape index (κ3) is 11.0. The number of nitrogens with one attached hydrogen (secondary N) is 2. The molecule has 27 heavy (non-hydrogen) atoms. The summed E-state index contributed by atoms with van der Waals surface area (Å²) in [6.07, 6.45) is 0. The van der Waals surface area contributed by atoms with Crippen molar-refractivity contribution in [2.24, 2.45) is 0 Å². The Bertz CT molecular complexity index is 687. The smallest absolute Gasteiger partial charge is 0.548 e. The van der Waals surface area contributed by atoms with E-state index in [1.165, 1.54) is 0 Å². The van der Waals surface area contributed by atoms with E-state index in [0.717, 1.165) is 0 Å². The summed E-state index contributed by atoms with van der Waals surface area (Å²) in [4.78, 5) is 42.3. The van der Waals surface area contributed by atoms with Crippen LogP contribution in [-0.4, -0.2) is 74.6 Å². The second-order valence-corrected chi connectivity index (χ2v) is 4.84. The molecule has 2 aromatic rings. The van der Waals surface area contributed by atoms with Crippen molar-refractivity contribution in [1.29, 1.82) is 0 Å². The summed E-state index contributed by atoms with van der Waals surface area (Å²) in [7, 11) is 0. The van der Waals surface area contributed by atoms with Gasteiger partial charge in [0, 0.05) is 11.1 Å². The van der Waals surface area contributed by atoms with Gasteiger partial charge in [-0.05, 0) is 24.3 Å². The molecule has 8 nitrogen and oxygen atoms in total. The van der Waals surface area contributed by atoms with Gasteiger partial charge in [-0.3, -0.25) is 9.59 Å². The molecule has 0 saturated heterocycles. The average Bonchev–Trinajstić information content (AvgIpc) is 2.66. The summed E-state index contributed by atoms with van der Waals surface area (Å²) in [6, 6.07) is 16.8. The Labute approximate surface area is 185 Å². The van der Waals surface area contributed by atoms with Gasteiger partial charge in [-0.15, -0.1) is 0 Å². The maximum Gasteiger partial charge on any atom is 2.00 e. The van der Waals surface area contributed by atoms with Crippen LogP contribution in [-0.2, 0) is 9.59 Å². The molecular weight excluding hydrogens is 380 g/mol. The Hall–Kier alpha value is -2.42. The number of amides is 2. The van der Waals surface area contributed by atoms with Gasteiger partial charge in [0.2, 0.25) is 0 Å². The van der Waals surface area contributed by atoms with Crippen molar-refractivity contribution in [2.75, 3.05) is 13.1 Å². The first-order valence-electron chi connectivity index (χ1n) is 7.46. The first-order chi connectivity index (χ1) is 12.4. The first-order valence-corrected chi connectivity index (χ1v) is 7.46. The van der Waals surface area contributed by atoms with E-state index in [-0.39, 0.29) is 37.7 Å². The van der Waals surface area contributed by atoms with Gasteiger partial charge in [-0.1, -0.05) is 36.4 Å². The van der Waals surface area contributed by atoms with E-state index in [4.69, 9.17) is 0 Å². The monoisotopic (exact) mass is 396 g/mol. The predicted molar refractivity (Wildman–Crippen MR) is 93.3 cm³/mol. The van der Waals surface area contributed by atoms with Crippen LogP contribution in [0.25, 0.3) is 0 Å². The van der Waals surface area contributed by atoms with Crippen LogP contribution in [0.2, 0.25) is 0 Å². The van der Waals surface area contributed by atoms with E-state index in [0.29, 0.717) is 11.1 Å². The van der Waals surface area contributed by atoms with Gasteiger partial charge < -0.3 is 30.4 Å². The molecule has 0 spiro atoms. The topological polar surface area (TPSA) is 138 Å². The summed E-state index contributed by atoms with van der Waals surface area (Å²) in [6.45, 7) is -0.929. The van der Waals surface area contributed by atoms with Gasteiger partial charge in [-0.2, -0.15) is 0 Å². The molecule has 0 radical (unpaired) electrons. The number of carboxylic acid groups (broad SMARTS) is 2. The molecular formula is C18H16CaN2O6. The van der Waals surface area contributed by atoms with Crippen molar-refractivity contribution < 1.29 is 29.4 Å². The zero-order valence-corrected chi connectivity index (χ0v) is 16.6. The van der Waals surface area contributed by atoms with E-state index >= 15 is 0 Å². The standard InChI is InChI=1S/2C9H9NO3.Ca/c2*11-8(12)6-10-9(13)7-4-2-1-3-5-7;/h2*1-5H,6H2,(H,10,13)(H,11,12);/q;;+2/p-2. The van der Waals surface area contributed by atoms with Crippen molar-refractivity contribution in [3.05, 3.63) is 71.8 Å². The molecule has 0 unspecified atom stereocenters. The Balaban J connectivity index is 0.000000483. The molecule has 0 fully saturated rings. The minimum Gasteiger partial charge on any atom is -0.548 e. The van der Waals surface area contributed by atoms with Crippen LogP contribution < -0.4 is 20.8 Å². The van der Waals surface area contributed by atoms with Crippen molar-refractivity contribution >= 4 is 61.5 Å². The van der Waals surface area contributed by atoms with Gasteiger partial charge in [0.1, 0.15) is 0 Å². The zero-order valence-electron chi connectivity index (χ0n) is 14.3. The summed E-state index contributed by atoms with van der Waals surface area (Å²) < 4.78 is 0. The molecule has 0 aliphatic carbocycles. The number of carboxylic acids is 2. The van der Waals surface area contributed by atoms with Gasteiger partial charge >= 0.3 is 37.7 Å². The molecule has 0 aromatic heterocycles. The SMILES string of the molecule is O=C([O-])CNC(=O)c1ccccc1.O=C([O-])CNC(=O)c1ccccc1.[Ca+2]. The molecule has 2 aromatic carbocycles. The summed E-state index contributed by atoms with van der Waals surface area (Å²) >= 11 is 0. The van der Waals surface area contributed by atoms with E-state index in [9.17, 15) is 29.4 Å². The largest absolute Gasteiger partial charge is 2.00 e. The molecule has 0 atom stereocenters. The molecule has 0 bridgehead atoms. The van der Waals surface area contributed by atoms with E-state index in [1.54, 1.807) is 60.7 Å². The quantitative estimate of drug-likeness (QED) is 0.539. The van der Waals surface area contributed by atoms with Crippen molar-refractivity contribution in [1.82, 2.24) is 10.6 Å². The van der Waals surface area contributed by atoms with Crippen LogP contribution in [0.15, 0.2) is 60.7 Å². The van der Waals surface area contributed by atoms with Crippen LogP contribution in [0.5, 0.6) is 0 Å². The van der Waals surface area contributed by atoms with E-state index in [1.807, 2.05) is 0 Å². The second-order valence-electron chi connectivity index (χ2n) is 4.84. The van der Waals surface area contributed by atoms with Crippen LogP contribution in [0.1, 0.15) is 20.7 Å². The average molecular weight is 396 g/mol. The molecule has 2 amide bonds. The molecule has 0 aliphatic rings. The predicted octanol–water partition coefficient (Wildman–Crippen LogP) is -2.05. The summed E-state index contributed by atoms with van der Waals surface area (Å²) in [5.74, 6) is -3.43. The molecule has 9 heteroatoms. The van der Waals surface area contributed by atoms with Crippen molar-refractivity contribution in [2.45, 2.75) is 0 Å². The van der Waals surface area contributed by atoms with Gasteiger partial charge in [0.15, 0.2) is 0 Å². The number of hydrogen-bond donors (Lipinski definition) is 2. The third-order valence-corrected chi connectivity index (χ3v) is 2.86. The number of aliphatic carboxylic acids is 2. The second kappa shape index (κ2) is 13.7. The minimum absolute atomic E-state index is 0. The number of benzene rings is 2. The fourth-order valence-corrected chi connectivity index (χ4v) is 1.69. The fourth-order valence-electron chi connectivity index (χ4n) is 1.69. The minimum atomic E-state index is -1.30. The summed E-state index contributed by atoms with van der Waals surface area (Å²) in [5.41, 5.74) is 0.868. The third-order valence-electron chi connectivity index (χ3n) is 2.86. The Morgan fingerprint density at radius 1 is 0.630 bits per heavy atom. The van der Waals surface area contributed by atoms with Crippen LogP contribution in [0, 0.1) is 0 Å². The molecule has 0 saturated carbocycles. The number of carbonyl (C=O) groups excluding carboxylic acids is 4. The number of carbonyl (C=O) groups is 4. The molecule has 0 aliphatic heterocycles. The number of rotatable bonds is 6. The Morgan fingerprint density at radius 3 is 1.19 bits per heavy atom. The summed E-state index contributed by atoms with van der Waals surface area (Å²) in [5, 5.41) is 24.4. The molecule has 0 heterocycles. The van der Waals surface area contributed by atoms with Gasteiger partial charge in [0.25, 0.3) is 11.8 Å². The molecule has 2 rings (SSSR count). The fraction of sp³-hybridized carbons (Fsp3) is 0.111. The van der Waals surface area contributed by atoms with Crippen LogP contribution in [0.3, 0.4) is 0 Å². The van der Waals surface area contributed by atoms with Crippen molar-refractivity contribution in [3.63, 3.8) is 0 Å². The van der Waals surface area contributed by atoms with E-state index < -0.39 is 36.8 Å². The number of hydrogen-bond acceptors (Lipinski definition) is 6. The van der Waals surface area contributed by atoms with E-state index in [2.05, 4.69) is 10.6 Å². The normalized spacial score (nSPS) is 8.89. The first kappa shape index (κ1) is 24.6.